The van der Waals surface area contributed by atoms with Gasteiger partial charge in [0.1, 0.15) is 23.9 Å². The summed E-state index contributed by atoms with van der Waals surface area (Å²) in [5.41, 5.74) is 1.00. The van der Waals surface area contributed by atoms with E-state index in [4.69, 9.17) is 14.6 Å². The van der Waals surface area contributed by atoms with E-state index in [9.17, 15) is 9.90 Å². The van der Waals surface area contributed by atoms with Crippen LogP contribution in [0.5, 0.6) is 17.2 Å². The van der Waals surface area contributed by atoms with Crippen molar-refractivity contribution in [2.75, 3.05) is 20.3 Å². The van der Waals surface area contributed by atoms with Crippen LogP contribution in [0.4, 0.5) is 0 Å². The SMILES string of the molecule is COc1cccc(C=CC(=O)c2ccc(OCCO)cc2O)c1. The largest absolute Gasteiger partial charge is 0.507 e. The fourth-order valence-corrected chi connectivity index (χ4v) is 1.98. The molecular weight excluding hydrogens is 296 g/mol. The highest BCUT2D eigenvalue weighted by molar-refractivity contribution is 6.08. The average Bonchev–Trinajstić information content (AvgIpc) is 2.58. The van der Waals surface area contributed by atoms with Crippen LogP contribution in [-0.4, -0.2) is 36.3 Å². The average molecular weight is 314 g/mol. The molecule has 0 aliphatic rings. The number of carbonyl (C=O) groups excluding carboxylic acids is 1. The van der Waals surface area contributed by atoms with E-state index in [2.05, 4.69) is 0 Å². The van der Waals surface area contributed by atoms with Crippen molar-refractivity contribution in [2.24, 2.45) is 0 Å². The number of methoxy groups -OCH3 is 1. The summed E-state index contributed by atoms with van der Waals surface area (Å²) < 4.78 is 10.3. The number of carbonyl (C=O) groups is 1. The normalized spacial score (nSPS) is 10.7. The monoisotopic (exact) mass is 314 g/mol. The highest BCUT2D eigenvalue weighted by atomic mass is 16.5. The zero-order valence-corrected chi connectivity index (χ0v) is 12.7. The van der Waals surface area contributed by atoms with Crippen molar-refractivity contribution < 1.29 is 24.5 Å². The third kappa shape index (κ3) is 4.59. The summed E-state index contributed by atoms with van der Waals surface area (Å²) >= 11 is 0. The molecule has 0 aliphatic carbocycles. The van der Waals surface area contributed by atoms with Gasteiger partial charge in [0.25, 0.3) is 0 Å². The van der Waals surface area contributed by atoms with Gasteiger partial charge in [-0.15, -0.1) is 0 Å². The van der Waals surface area contributed by atoms with Gasteiger partial charge >= 0.3 is 0 Å². The molecule has 0 saturated heterocycles. The summed E-state index contributed by atoms with van der Waals surface area (Å²) in [6.07, 6.45) is 3.04. The van der Waals surface area contributed by atoms with E-state index in [1.165, 1.54) is 18.2 Å². The molecule has 2 aromatic rings. The molecule has 0 aliphatic heterocycles. The Morgan fingerprint density at radius 1 is 1.17 bits per heavy atom. The molecule has 0 spiro atoms. The molecule has 23 heavy (non-hydrogen) atoms. The highest BCUT2D eigenvalue weighted by Crippen LogP contribution is 2.24. The molecule has 2 aromatic carbocycles. The lowest BCUT2D eigenvalue weighted by molar-refractivity contribution is 0.104. The number of phenolic OH excluding ortho intramolecular Hbond substituents is 1. The second kappa shape index (κ2) is 8.00. The number of hydrogen-bond donors (Lipinski definition) is 2. The van der Waals surface area contributed by atoms with Crippen LogP contribution in [0.15, 0.2) is 48.5 Å². The Morgan fingerprint density at radius 2 is 2.00 bits per heavy atom. The van der Waals surface area contributed by atoms with Gasteiger partial charge in [-0.2, -0.15) is 0 Å². The molecule has 5 heteroatoms. The first-order valence-corrected chi connectivity index (χ1v) is 7.07. The van der Waals surface area contributed by atoms with E-state index in [-0.39, 0.29) is 30.3 Å². The maximum Gasteiger partial charge on any atom is 0.189 e. The Hall–Kier alpha value is -2.79. The number of aliphatic hydroxyl groups excluding tert-OH is 1. The van der Waals surface area contributed by atoms with E-state index < -0.39 is 0 Å². The predicted octanol–water partition coefficient (Wildman–Crippen LogP) is 2.67. The third-order valence-corrected chi connectivity index (χ3v) is 3.12. The Labute approximate surface area is 134 Å². The Morgan fingerprint density at radius 3 is 2.70 bits per heavy atom. The molecule has 0 amide bonds. The standard InChI is InChI=1S/C18H18O5/c1-22-14-4-2-3-13(11-14)5-8-17(20)16-7-6-15(12-18(16)21)23-10-9-19/h2-8,11-12,19,21H,9-10H2,1H3. The molecule has 0 atom stereocenters. The molecule has 2 N–H and O–H groups in total. The summed E-state index contributed by atoms with van der Waals surface area (Å²) in [7, 11) is 1.58. The van der Waals surface area contributed by atoms with Gasteiger partial charge < -0.3 is 19.7 Å². The van der Waals surface area contributed by atoms with Crippen molar-refractivity contribution in [3.8, 4) is 17.2 Å². The second-order valence-electron chi connectivity index (χ2n) is 4.73. The molecule has 0 bridgehead atoms. The van der Waals surface area contributed by atoms with Crippen molar-refractivity contribution in [1.82, 2.24) is 0 Å². The number of ketones is 1. The lowest BCUT2D eigenvalue weighted by Gasteiger charge is -2.06. The topological polar surface area (TPSA) is 76.0 Å². The van der Waals surface area contributed by atoms with E-state index in [1.807, 2.05) is 18.2 Å². The van der Waals surface area contributed by atoms with E-state index >= 15 is 0 Å². The molecule has 0 radical (unpaired) electrons. The number of ether oxygens (including phenoxy) is 2. The van der Waals surface area contributed by atoms with E-state index in [0.29, 0.717) is 11.5 Å². The van der Waals surface area contributed by atoms with Crippen LogP contribution in [0.3, 0.4) is 0 Å². The number of benzene rings is 2. The van der Waals surface area contributed by atoms with Gasteiger partial charge in [0.15, 0.2) is 5.78 Å². The molecule has 0 fully saturated rings. The van der Waals surface area contributed by atoms with Crippen LogP contribution in [0.1, 0.15) is 15.9 Å². The molecular formula is C18H18O5. The van der Waals surface area contributed by atoms with Gasteiger partial charge in [0.2, 0.25) is 0 Å². The maximum atomic E-state index is 12.2. The minimum atomic E-state index is -0.320. The first kappa shape index (κ1) is 16.6. The van der Waals surface area contributed by atoms with Crippen molar-refractivity contribution >= 4 is 11.9 Å². The fourth-order valence-electron chi connectivity index (χ4n) is 1.98. The molecule has 120 valence electrons. The minimum absolute atomic E-state index is 0.120. The van der Waals surface area contributed by atoms with Crippen molar-refractivity contribution in [2.45, 2.75) is 0 Å². The lowest BCUT2D eigenvalue weighted by atomic mass is 10.1. The summed E-state index contributed by atoms with van der Waals surface area (Å²) in [5.74, 6) is 0.609. The fraction of sp³-hybridized carbons (Fsp3) is 0.167. The Balaban J connectivity index is 2.12. The zero-order valence-electron chi connectivity index (χ0n) is 12.7. The van der Waals surface area contributed by atoms with Gasteiger partial charge in [-0.3, -0.25) is 4.79 Å². The van der Waals surface area contributed by atoms with Crippen LogP contribution in [-0.2, 0) is 0 Å². The Kier molecular flexibility index (Phi) is 5.77. The number of hydrogen-bond acceptors (Lipinski definition) is 5. The Bertz CT molecular complexity index is 706. The molecule has 0 unspecified atom stereocenters. The van der Waals surface area contributed by atoms with Gasteiger partial charge in [-0.1, -0.05) is 18.2 Å². The molecule has 0 saturated carbocycles. The predicted molar refractivity (Wildman–Crippen MR) is 87.0 cm³/mol. The summed E-state index contributed by atoms with van der Waals surface area (Å²) in [5, 5.41) is 18.6. The number of phenols is 1. The van der Waals surface area contributed by atoms with Crippen LogP contribution < -0.4 is 9.47 Å². The van der Waals surface area contributed by atoms with Gasteiger partial charge in [0.05, 0.1) is 19.3 Å². The van der Waals surface area contributed by atoms with Crippen LogP contribution >= 0.6 is 0 Å². The first-order chi connectivity index (χ1) is 11.1. The third-order valence-electron chi connectivity index (χ3n) is 3.12. The summed E-state index contributed by atoms with van der Waals surface area (Å²) in [6, 6.07) is 11.7. The highest BCUT2D eigenvalue weighted by Gasteiger charge is 2.09. The number of rotatable bonds is 7. The van der Waals surface area contributed by atoms with Crippen molar-refractivity contribution in [1.29, 1.82) is 0 Å². The molecule has 0 aromatic heterocycles. The smallest absolute Gasteiger partial charge is 0.189 e. The van der Waals surface area contributed by atoms with E-state index in [0.717, 1.165) is 5.56 Å². The minimum Gasteiger partial charge on any atom is -0.507 e. The van der Waals surface area contributed by atoms with Crippen molar-refractivity contribution in [3.05, 3.63) is 59.7 Å². The van der Waals surface area contributed by atoms with Gasteiger partial charge in [0, 0.05) is 6.07 Å². The number of allylic oxidation sites excluding steroid dienone is 1. The van der Waals surface area contributed by atoms with Gasteiger partial charge in [-0.25, -0.2) is 0 Å². The second-order valence-corrected chi connectivity index (χ2v) is 4.73. The summed E-state index contributed by atoms with van der Waals surface area (Å²) in [4.78, 5) is 12.2. The molecule has 0 heterocycles. The molecule has 5 nitrogen and oxygen atoms in total. The quantitative estimate of drug-likeness (QED) is 0.607. The number of aliphatic hydroxyl groups is 1. The van der Waals surface area contributed by atoms with Crippen LogP contribution in [0.2, 0.25) is 0 Å². The lowest BCUT2D eigenvalue weighted by Crippen LogP contribution is -2.02. The number of aromatic hydroxyl groups is 1. The summed E-state index contributed by atoms with van der Waals surface area (Å²) in [6.45, 7) is 0.00714. The molecule has 2 rings (SSSR count). The van der Waals surface area contributed by atoms with E-state index in [1.54, 1.807) is 25.3 Å². The van der Waals surface area contributed by atoms with Crippen LogP contribution in [0, 0.1) is 0 Å². The first-order valence-electron chi connectivity index (χ1n) is 7.07. The maximum absolute atomic E-state index is 12.2. The van der Waals surface area contributed by atoms with Crippen molar-refractivity contribution in [3.63, 3.8) is 0 Å². The van der Waals surface area contributed by atoms with Gasteiger partial charge in [-0.05, 0) is 35.9 Å². The zero-order chi connectivity index (χ0) is 16.7. The van der Waals surface area contributed by atoms with Crippen LogP contribution in [0.25, 0.3) is 6.08 Å².